The first-order chi connectivity index (χ1) is 28.1. The Balaban J connectivity index is 1.21. The van der Waals surface area contributed by atoms with Crippen LogP contribution < -0.4 is 14.2 Å². The lowest BCUT2D eigenvalue weighted by Crippen LogP contribution is -2.45. The third-order valence-electron chi connectivity index (χ3n) is 10.1. The number of aliphatic carboxylic acids is 1. The Bertz CT molecular complexity index is 2460. The zero-order valence-electron chi connectivity index (χ0n) is 32.6. The smallest absolute Gasteiger partial charge is 0.408 e. The van der Waals surface area contributed by atoms with E-state index in [1.54, 1.807) is 46.0 Å². The zero-order chi connectivity index (χ0) is 42.1. The van der Waals surface area contributed by atoms with Crippen molar-refractivity contribution >= 4 is 54.8 Å². The number of likely N-dealkylation sites (N-methyl/N-ethyl adjacent to an activating group) is 1. The largest absolute Gasteiger partial charge is 0.499 e. The lowest BCUT2D eigenvalue weighted by molar-refractivity contribution is -0.145. The van der Waals surface area contributed by atoms with Crippen LogP contribution in [-0.2, 0) is 23.2 Å². The summed E-state index contributed by atoms with van der Waals surface area (Å²) < 4.78 is 79.3. The molecule has 7 rings (SSSR count). The van der Waals surface area contributed by atoms with Crippen LogP contribution in [0, 0.1) is 12.9 Å². The van der Waals surface area contributed by atoms with Gasteiger partial charge in [0.1, 0.15) is 41.6 Å². The number of carbonyl (C=O) groups is 1. The Morgan fingerprint density at radius 3 is 2.53 bits per heavy atom. The molecule has 6 aromatic rings. The molecular weight excluding hydrogens is 814 g/mol. The van der Waals surface area contributed by atoms with E-state index < -0.39 is 36.2 Å². The molecule has 0 spiro atoms. The van der Waals surface area contributed by atoms with Crippen LogP contribution >= 0.6 is 22.9 Å². The number of nitrogens with zero attached hydrogens (tertiary/aromatic N) is 6. The number of halogens is 5. The SMILES string of the molecule is BC(B)(Oc1ccccc1C[C@@H](Oc1ncnc2sc(-c3ccc(F)o3)c(-c3ccc(OCCN4CCN(C)CC4)c(Cl)c3C)c12)C(=O)O)c1ccnn1CC(F)(F)F. The number of ether oxygens (including phenoxy) is 3. The normalized spacial score (nSPS) is 14.8. The maximum atomic E-state index is 14.3. The van der Waals surface area contributed by atoms with E-state index >= 15 is 0 Å². The number of furan rings is 1. The number of fused-ring (bicyclic) bond motifs is 1. The zero-order valence-corrected chi connectivity index (χ0v) is 34.1. The number of carboxylic acid groups (broad SMARTS) is 1. The molecule has 12 nitrogen and oxygen atoms in total. The summed E-state index contributed by atoms with van der Waals surface area (Å²) in [7, 11) is 5.29. The molecule has 1 atom stereocenters. The van der Waals surface area contributed by atoms with E-state index in [1.165, 1.54) is 42.1 Å². The van der Waals surface area contributed by atoms with E-state index in [1.807, 2.05) is 13.0 Å². The van der Waals surface area contributed by atoms with Crippen LogP contribution in [0.4, 0.5) is 17.6 Å². The van der Waals surface area contributed by atoms with Gasteiger partial charge < -0.3 is 28.6 Å². The summed E-state index contributed by atoms with van der Waals surface area (Å²) in [6, 6.07) is 13.5. The van der Waals surface area contributed by atoms with E-state index in [0.29, 0.717) is 54.7 Å². The second-order valence-corrected chi connectivity index (χ2v) is 16.0. The van der Waals surface area contributed by atoms with Gasteiger partial charge in [-0.3, -0.25) is 9.58 Å². The minimum absolute atomic E-state index is 0.0651. The number of thiophene rings is 1. The highest BCUT2D eigenvalue weighted by molar-refractivity contribution is 7.22. The van der Waals surface area contributed by atoms with Crippen molar-refractivity contribution in [2.45, 2.75) is 37.6 Å². The molecule has 59 heavy (non-hydrogen) atoms. The molecule has 0 unspecified atom stereocenters. The fraction of sp³-hybridized carbons (Fsp3) is 0.333. The second kappa shape index (κ2) is 17.2. The van der Waals surface area contributed by atoms with Gasteiger partial charge in [-0.15, -0.1) is 11.3 Å². The summed E-state index contributed by atoms with van der Waals surface area (Å²) in [6.07, 6.45) is -3.78. The van der Waals surface area contributed by atoms with Gasteiger partial charge in [-0.05, 0) is 54.9 Å². The highest BCUT2D eigenvalue weighted by atomic mass is 35.5. The Hall–Kier alpha value is -5.10. The van der Waals surface area contributed by atoms with Crippen LogP contribution in [0.3, 0.4) is 0 Å². The molecule has 4 aromatic heterocycles. The predicted molar refractivity (Wildman–Crippen MR) is 220 cm³/mol. The molecular formula is C39H39B2ClF4N6O6S. The van der Waals surface area contributed by atoms with Gasteiger partial charge in [0, 0.05) is 57.0 Å². The van der Waals surface area contributed by atoms with Gasteiger partial charge in [0.25, 0.3) is 6.01 Å². The number of hydrogen-bond acceptors (Lipinski definition) is 11. The number of carboxylic acids is 1. The molecule has 0 aliphatic carbocycles. The fourth-order valence-corrected chi connectivity index (χ4v) is 8.34. The molecule has 5 heterocycles. The molecule has 1 fully saturated rings. The Morgan fingerprint density at radius 1 is 1.05 bits per heavy atom. The Morgan fingerprint density at radius 2 is 1.81 bits per heavy atom. The van der Waals surface area contributed by atoms with Crippen molar-refractivity contribution in [2.24, 2.45) is 0 Å². The first kappa shape index (κ1) is 42.0. The highest BCUT2D eigenvalue weighted by Gasteiger charge is 2.35. The lowest BCUT2D eigenvalue weighted by Gasteiger charge is -2.32. The van der Waals surface area contributed by atoms with Gasteiger partial charge in [-0.2, -0.15) is 22.7 Å². The molecule has 1 saturated heterocycles. The number of para-hydroxylation sites is 1. The predicted octanol–water partition coefficient (Wildman–Crippen LogP) is 5.63. The summed E-state index contributed by atoms with van der Waals surface area (Å²) in [5.41, 5.74) is 2.30. The van der Waals surface area contributed by atoms with Gasteiger partial charge in [0.05, 0.1) is 26.4 Å². The molecule has 1 N–H and O–H groups in total. The third kappa shape index (κ3) is 9.53. The molecule has 0 saturated carbocycles. The van der Waals surface area contributed by atoms with Crippen LogP contribution in [0.2, 0.25) is 5.02 Å². The lowest BCUT2D eigenvalue weighted by atomic mass is 9.63. The minimum atomic E-state index is -4.52. The van der Waals surface area contributed by atoms with Crippen molar-refractivity contribution in [3.8, 4) is 39.1 Å². The molecule has 1 aliphatic rings. The van der Waals surface area contributed by atoms with Crippen LogP contribution in [0.1, 0.15) is 16.8 Å². The number of hydrogen-bond donors (Lipinski definition) is 1. The Kier molecular flexibility index (Phi) is 12.3. The fourth-order valence-electron chi connectivity index (χ4n) is 7.01. The summed E-state index contributed by atoms with van der Waals surface area (Å²) in [6.45, 7) is 5.53. The van der Waals surface area contributed by atoms with Crippen molar-refractivity contribution in [1.82, 2.24) is 29.5 Å². The van der Waals surface area contributed by atoms with Crippen LogP contribution in [-0.4, -0.2) is 115 Å². The van der Waals surface area contributed by atoms with E-state index in [-0.39, 0.29) is 29.5 Å². The van der Waals surface area contributed by atoms with Crippen molar-refractivity contribution in [3.05, 3.63) is 95.0 Å². The molecule has 308 valence electrons. The van der Waals surface area contributed by atoms with Crippen molar-refractivity contribution in [1.29, 1.82) is 0 Å². The number of rotatable bonds is 15. The molecule has 0 amide bonds. The van der Waals surface area contributed by atoms with Gasteiger partial charge in [0.2, 0.25) is 12.0 Å². The van der Waals surface area contributed by atoms with E-state index in [2.05, 4.69) is 31.9 Å². The van der Waals surface area contributed by atoms with Gasteiger partial charge in [0.15, 0.2) is 15.7 Å². The first-order valence-corrected chi connectivity index (χ1v) is 19.9. The number of piperazine rings is 1. The maximum Gasteiger partial charge on any atom is 0.408 e. The van der Waals surface area contributed by atoms with Crippen molar-refractivity contribution in [2.75, 3.05) is 46.4 Å². The molecule has 20 heteroatoms. The van der Waals surface area contributed by atoms with E-state index in [4.69, 9.17) is 30.2 Å². The van der Waals surface area contributed by atoms with E-state index in [9.17, 15) is 27.5 Å². The number of benzene rings is 2. The van der Waals surface area contributed by atoms with Crippen LogP contribution in [0.5, 0.6) is 17.4 Å². The first-order valence-electron chi connectivity index (χ1n) is 18.7. The summed E-state index contributed by atoms with van der Waals surface area (Å²) in [4.78, 5) is 27.3. The second-order valence-electron chi connectivity index (χ2n) is 14.7. The van der Waals surface area contributed by atoms with Crippen LogP contribution in [0.15, 0.2) is 71.5 Å². The average Bonchev–Trinajstić information content (AvgIpc) is 3.93. The van der Waals surface area contributed by atoms with E-state index in [0.717, 1.165) is 37.4 Å². The summed E-state index contributed by atoms with van der Waals surface area (Å²) in [5, 5.41) is 13.8. The average molecular weight is 853 g/mol. The van der Waals surface area contributed by atoms with Crippen LogP contribution in [0.25, 0.3) is 32.0 Å². The minimum Gasteiger partial charge on any atom is -0.499 e. The highest BCUT2D eigenvalue weighted by Crippen LogP contribution is 2.50. The quantitative estimate of drug-likeness (QED) is 0.102. The maximum absolute atomic E-state index is 14.3. The van der Waals surface area contributed by atoms with Gasteiger partial charge in [-0.25, -0.2) is 14.8 Å². The van der Waals surface area contributed by atoms with Gasteiger partial charge >= 0.3 is 12.1 Å². The number of alkyl halides is 3. The standard InChI is InChI=1S/C39H39B2ClF4N6O6S/c1-22-24(7-8-26(33(22)42)55-18-17-51-15-13-50(2)14-16-51)31-32-35(47-21-48-36(32)59-34(31)27-9-10-30(43)56-27)57-28(37(53)54)19-23-5-3-4-6-25(23)58-39(40,41)29-11-12-49-52(29)20-38(44,45)46/h3-12,21,28H,13-20,40-41H2,1-2H3,(H,53,54)/t28-/m1/s1. The topological polar surface area (TPSA) is 128 Å². The molecule has 0 bridgehead atoms. The van der Waals surface area contributed by atoms with Gasteiger partial charge in [-0.1, -0.05) is 35.9 Å². The number of aromatic nitrogens is 4. The van der Waals surface area contributed by atoms with Crippen molar-refractivity contribution in [3.63, 3.8) is 0 Å². The molecule has 1 aliphatic heterocycles. The van der Waals surface area contributed by atoms with Crippen molar-refractivity contribution < 1.29 is 46.1 Å². The Labute approximate surface area is 347 Å². The molecule has 0 radical (unpaired) electrons. The summed E-state index contributed by atoms with van der Waals surface area (Å²) in [5.74, 6) is -0.468. The summed E-state index contributed by atoms with van der Waals surface area (Å²) >= 11 is 8.14. The monoisotopic (exact) mass is 852 g/mol. The third-order valence-corrected chi connectivity index (χ3v) is 11.6. The molecule has 2 aromatic carbocycles.